The summed E-state index contributed by atoms with van der Waals surface area (Å²) in [7, 11) is 0. The number of nitrogens with zero attached hydrogens (tertiary/aromatic N) is 2. The van der Waals surface area contributed by atoms with Gasteiger partial charge in [0.25, 0.3) is 5.91 Å². The lowest BCUT2D eigenvalue weighted by molar-refractivity contribution is -0.135. The molecule has 86 valence electrons. The molecule has 17 heavy (non-hydrogen) atoms. The standard InChI is InChI=1S/C12H10N2O2S/c15-10-9(8-4-2-1-3-5-8)11(16)14-6-7-17-12(14)13-10/h1-5,9H,6-7H2. The van der Waals surface area contributed by atoms with E-state index in [0.717, 1.165) is 11.3 Å². The molecule has 1 aromatic carbocycles. The molecular weight excluding hydrogens is 236 g/mol. The summed E-state index contributed by atoms with van der Waals surface area (Å²) in [5, 5.41) is 0.562. The third-order valence-corrected chi connectivity index (χ3v) is 3.83. The Morgan fingerprint density at radius 3 is 2.76 bits per heavy atom. The van der Waals surface area contributed by atoms with E-state index < -0.39 is 5.92 Å². The second kappa shape index (κ2) is 4.00. The molecular formula is C12H10N2O2S. The third kappa shape index (κ3) is 1.67. The fourth-order valence-electron chi connectivity index (χ4n) is 2.05. The summed E-state index contributed by atoms with van der Waals surface area (Å²) < 4.78 is 0. The van der Waals surface area contributed by atoms with Gasteiger partial charge in [0.15, 0.2) is 5.17 Å². The number of aliphatic imine (C=N–C) groups is 1. The van der Waals surface area contributed by atoms with Crippen molar-refractivity contribution in [3.8, 4) is 0 Å². The first kappa shape index (κ1) is 10.5. The van der Waals surface area contributed by atoms with Crippen molar-refractivity contribution < 1.29 is 9.59 Å². The minimum absolute atomic E-state index is 0.142. The van der Waals surface area contributed by atoms with Gasteiger partial charge in [0, 0.05) is 12.3 Å². The lowest BCUT2D eigenvalue weighted by Gasteiger charge is -2.25. The predicted molar refractivity (Wildman–Crippen MR) is 65.8 cm³/mol. The van der Waals surface area contributed by atoms with Crippen molar-refractivity contribution >= 4 is 28.7 Å². The second-order valence-electron chi connectivity index (χ2n) is 3.91. The number of thioether (sulfide) groups is 1. The first-order chi connectivity index (χ1) is 8.27. The van der Waals surface area contributed by atoms with Crippen LogP contribution in [-0.2, 0) is 9.59 Å². The van der Waals surface area contributed by atoms with Gasteiger partial charge in [0.1, 0.15) is 5.92 Å². The monoisotopic (exact) mass is 246 g/mol. The van der Waals surface area contributed by atoms with Crippen LogP contribution in [0.4, 0.5) is 0 Å². The first-order valence-electron chi connectivity index (χ1n) is 5.39. The molecule has 2 aliphatic rings. The summed E-state index contributed by atoms with van der Waals surface area (Å²) in [4.78, 5) is 29.7. The van der Waals surface area contributed by atoms with E-state index in [1.54, 1.807) is 17.0 Å². The predicted octanol–water partition coefficient (Wildman–Crippen LogP) is 1.24. The number of carbonyl (C=O) groups excluding carboxylic acids is 2. The number of carbonyl (C=O) groups is 2. The van der Waals surface area contributed by atoms with Crippen molar-refractivity contribution in [3.63, 3.8) is 0 Å². The Bertz CT molecular complexity index is 512. The Morgan fingerprint density at radius 1 is 1.24 bits per heavy atom. The largest absolute Gasteiger partial charge is 0.289 e. The van der Waals surface area contributed by atoms with E-state index in [1.807, 2.05) is 18.2 Å². The Hall–Kier alpha value is -1.62. The molecule has 0 aliphatic carbocycles. The quantitative estimate of drug-likeness (QED) is 0.700. The van der Waals surface area contributed by atoms with Gasteiger partial charge < -0.3 is 0 Å². The highest BCUT2D eigenvalue weighted by atomic mass is 32.2. The summed E-state index contributed by atoms with van der Waals surface area (Å²) in [6.45, 7) is 0.652. The third-order valence-electron chi connectivity index (χ3n) is 2.88. The number of fused-ring (bicyclic) bond motifs is 1. The molecule has 0 aromatic heterocycles. The van der Waals surface area contributed by atoms with Crippen LogP contribution >= 0.6 is 11.8 Å². The minimum Gasteiger partial charge on any atom is -0.289 e. The summed E-state index contributed by atoms with van der Waals surface area (Å²) >= 11 is 1.47. The molecule has 5 heteroatoms. The van der Waals surface area contributed by atoms with E-state index in [2.05, 4.69) is 4.99 Å². The number of amidine groups is 1. The van der Waals surface area contributed by atoms with Crippen LogP contribution < -0.4 is 0 Å². The fraction of sp³-hybridized carbons (Fsp3) is 0.250. The maximum absolute atomic E-state index is 12.2. The zero-order chi connectivity index (χ0) is 11.8. The highest BCUT2D eigenvalue weighted by Gasteiger charge is 2.40. The fourth-order valence-corrected chi connectivity index (χ4v) is 3.00. The van der Waals surface area contributed by atoms with Crippen LogP contribution in [0.5, 0.6) is 0 Å². The van der Waals surface area contributed by atoms with Crippen LogP contribution in [0, 0.1) is 0 Å². The van der Waals surface area contributed by atoms with Gasteiger partial charge in [-0.2, -0.15) is 4.99 Å². The van der Waals surface area contributed by atoms with Crippen molar-refractivity contribution in [1.29, 1.82) is 0 Å². The Balaban J connectivity index is 2.02. The molecule has 1 fully saturated rings. The van der Waals surface area contributed by atoms with E-state index >= 15 is 0 Å². The van der Waals surface area contributed by atoms with E-state index in [4.69, 9.17) is 0 Å². The van der Waals surface area contributed by atoms with Crippen molar-refractivity contribution in [2.45, 2.75) is 5.92 Å². The lowest BCUT2D eigenvalue weighted by atomic mass is 9.96. The molecule has 3 rings (SSSR count). The molecule has 2 aliphatic heterocycles. The second-order valence-corrected chi connectivity index (χ2v) is 4.98. The van der Waals surface area contributed by atoms with E-state index in [-0.39, 0.29) is 11.8 Å². The maximum atomic E-state index is 12.2. The summed E-state index contributed by atoms with van der Waals surface area (Å²) in [6, 6.07) is 9.11. The van der Waals surface area contributed by atoms with Crippen LogP contribution in [0.3, 0.4) is 0 Å². The van der Waals surface area contributed by atoms with E-state index in [0.29, 0.717) is 11.7 Å². The molecule has 1 atom stereocenters. The number of rotatable bonds is 1. The van der Waals surface area contributed by atoms with Gasteiger partial charge >= 0.3 is 0 Å². The van der Waals surface area contributed by atoms with Gasteiger partial charge in [-0.1, -0.05) is 42.1 Å². The SMILES string of the molecule is O=C1N=C2SCCN2C(=O)C1c1ccccc1. The van der Waals surface area contributed by atoms with Crippen LogP contribution in [0.2, 0.25) is 0 Å². The molecule has 0 saturated carbocycles. The highest BCUT2D eigenvalue weighted by Crippen LogP contribution is 2.30. The van der Waals surface area contributed by atoms with Gasteiger partial charge in [-0.3, -0.25) is 14.5 Å². The van der Waals surface area contributed by atoms with Crippen molar-refractivity contribution in [2.24, 2.45) is 4.99 Å². The molecule has 1 saturated heterocycles. The smallest absolute Gasteiger partial charge is 0.265 e. The normalized spacial score (nSPS) is 23.6. The lowest BCUT2D eigenvalue weighted by Crippen LogP contribution is -2.42. The van der Waals surface area contributed by atoms with Gasteiger partial charge in [-0.25, -0.2) is 0 Å². The Kier molecular flexibility index (Phi) is 2.48. The van der Waals surface area contributed by atoms with Gasteiger partial charge in [0.2, 0.25) is 5.91 Å². The number of amides is 2. The van der Waals surface area contributed by atoms with Gasteiger partial charge in [-0.15, -0.1) is 0 Å². The van der Waals surface area contributed by atoms with E-state index in [9.17, 15) is 9.59 Å². The Labute approximate surface area is 103 Å². The minimum atomic E-state index is -0.751. The van der Waals surface area contributed by atoms with Crippen LogP contribution in [-0.4, -0.2) is 34.2 Å². The zero-order valence-corrected chi connectivity index (χ0v) is 9.81. The number of benzene rings is 1. The molecule has 2 amide bonds. The van der Waals surface area contributed by atoms with Crippen molar-refractivity contribution in [1.82, 2.24) is 4.90 Å². The molecule has 0 spiro atoms. The zero-order valence-electron chi connectivity index (χ0n) is 9.00. The first-order valence-corrected chi connectivity index (χ1v) is 6.37. The molecule has 0 radical (unpaired) electrons. The maximum Gasteiger partial charge on any atom is 0.265 e. The molecule has 1 unspecified atom stereocenters. The topological polar surface area (TPSA) is 49.7 Å². The van der Waals surface area contributed by atoms with Crippen molar-refractivity contribution in [3.05, 3.63) is 35.9 Å². The summed E-state index contributed by atoms with van der Waals surface area (Å²) in [6.07, 6.45) is 0. The summed E-state index contributed by atoms with van der Waals surface area (Å²) in [5.74, 6) is -0.420. The van der Waals surface area contributed by atoms with E-state index in [1.165, 1.54) is 11.8 Å². The molecule has 2 heterocycles. The van der Waals surface area contributed by atoms with Gasteiger partial charge in [-0.05, 0) is 5.56 Å². The molecule has 1 aromatic rings. The van der Waals surface area contributed by atoms with Crippen LogP contribution in [0.15, 0.2) is 35.3 Å². The number of hydrogen-bond donors (Lipinski definition) is 0. The Morgan fingerprint density at radius 2 is 2.00 bits per heavy atom. The molecule has 0 N–H and O–H groups in total. The van der Waals surface area contributed by atoms with Crippen LogP contribution in [0.25, 0.3) is 0 Å². The number of hydrogen-bond acceptors (Lipinski definition) is 3. The average molecular weight is 246 g/mol. The summed E-state index contributed by atoms with van der Waals surface area (Å²) in [5.41, 5.74) is 0.724. The molecule has 4 nitrogen and oxygen atoms in total. The van der Waals surface area contributed by atoms with Crippen molar-refractivity contribution in [2.75, 3.05) is 12.3 Å². The van der Waals surface area contributed by atoms with Crippen LogP contribution in [0.1, 0.15) is 11.5 Å². The molecule has 0 bridgehead atoms. The average Bonchev–Trinajstić information content (AvgIpc) is 2.78. The van der Waals surface area contributed by atoms with Gasteiger partial charge in [0.05, 0.1) is 0 Å². The highest BCUT2D eigenvalue weighted by molar-refractivity contribution is 8.14.